The van der Waals surface area contributed by atoms with Crippen LogP contribution in [0.15, 0.2) is 66.9 Å². The van der Waals surface area contributed by atoms with E-state index in [1.165, 1.54) is 12.3 Å². The number of amides is 1. The summed E-state index contributed by atoms with van der Waals surface area (Å²) >= 11 is 0. The van der Waals surface area contributed by atoms with Crippen LogP contribution in [-0.4, -0.2) is 21.1 Å². The molecule has 0 unspecified atom stereocenters. The third kappa shape index (κ3) is 3.98. The number of hydrogen-bond donors (Lipinski definition) is 2. The van der Waals surface area contributed by atoms with Crippen molar-refractivity contribution in [1.82, 2.24) is 10.3 Å². The van der Waals surface area contributed by atoms with E-state index in [9.17, 15) is 14.9 Å². The molecule has 0 atom stereocenters. The molecule has 0 spiro atoms. The highest BCUT2D eigenvalue weighted by Crippen LogP contribution is 2.33. The van der Waals surface area contributed by atoms with Crippen LogP contribution in [0.4, 0.5) is 10.5 Å². The summed E-state index contributed by atoms with van der Waals surface area (Å²) < 4.78 is 0. The van der Waals surface area contributed by atoms with Gasteiger partial charge in [0.2, 0.25) is 0 Å². The summed E-state index contributed by atoms with van der Waals surface area (Å²) in [7, 11) is 0. The molecule has 0 bridgehead atoms. The summed E-state index contributed by atoms with van der Waals surface area (Å²) in [6.07, 6.45) is 0.142. The lowest BCUT2D eigenvalue weighted by atomic mass is 9.92. The second-order valence-electron chi connectivity index (χ2n) is 6.85. The Hall–Kier alpha value is -3.74. The van der Waals surface area contributed by atoms with Crippen LogP contribution in [0.3, 0.4) is 0 Å². The number of rotatable bonds is 5. The molecule has 7 nitrogen and oxygen atoms in total. The van der Waals surface area contributed by atoms with E-state index in [0.29, 0.717) is 11.3 Å². The Morgan fingerprint density at radius 3 is 2.29 bits per heavy atom. The van der Waals surface area contributed by atoms with Crippen LogP contribution in [0.5, 0.6) is 0 Å². The average Bonchev–Trinajstić information content (AvgIpc) is 2.67. The third-order valence-electron chi connectivity index (χ3n) is 4.47. The molecule has 7 heteroatoms. The van der Waals surface area contributed by atoms with Gasteiger partial charge >= 0.3 is 6.09 Å². The number of nitrogens with zero attached hydrogens (tertiary/aromatic N) is 2. The van der Waals surface area contributed by atoms with Gasteiger partial charge in [0, 0.05) is 17.2 Å². The van der Waals surface area contributed by atoms with Crippen molar-refractivity contribution in [3.8, 4) is 22.4 Å². The summed E-state index contributed by atoms with van der Waals surface area (Å²) in [4.78, 5) is 26.0. The number of carboxylic acid groups (broad SMARTS) is 1. The van der Waals surface area contributed by atoms with Crippen molar-refractivity contribution in [2.75, 3.05) is 0 Å². The average molecular weight is 377 g/mol. The molecule has 0 saturated heterocycles. The van der Waals surface area contributed by atoms with E-state index in [2.05, 4.69) is 10.3 Å². The van der Waals surface area contributed by atoms with Crippen molar-refractivity contribution >= 4 is 11.8 Å². The minimum atomic E-state index is -1.10. The summed E-state index contributed by atoms with van der Waals surface area (Å²) in [5, 5.41) is 22.7. The monoisotopic (exact) mass is 377 g/mol. The maximum atomic E-state index is 11.2. The Morgan fingerprint density at radius 2 is 1.71 bits per heavy atom. The summed E-state index contributed by atoms with van der Waals surface area (Å²) in [6.45, 7) is 3.55. The van der Waals surface area contributed by atoms with Crippen molar-refractivity contribution in [1.29, 1.82) is 0 Å². The Kier molecular flexibility index (Phi) is 5.08. The largest absolute Gasteiger partial charge is 0.465 e. The summed E-state index contributed by atoms with van der Waals surface area (Å²) in [5.74, 6) is 0. The van der Waals surface area contributed by atoms with E-state index in [1.807, 2.05) is 54.6 Å². The van der Waals surface area contributed by atoms with Gasteiger partial charge in [0.25, 0.3) is 5.69 Å². The molecule has 1 amide bonds. The van der Waals surface area contributed by atoms with Crippen LogP contribution in [0.2, 0.25) is 0 Å². The third-order valence-corrected chi connectivity index (χ3v) is 4.47. The fourth-order valence-corrected chi connectivity index (χ4v) is 3.01. The first kappa shape index (κ1) is 19.0. The van der Waals surface area contributed by atoms with Gasteiger partial charge in [-0.05, 0) is 25.0 Å². The fourth-order valence-electron chi connectivity index (χ4n) is 3.01. The van der Waals surface area contributed by atoms with Crippen molar-refractivity contribution in [2.45, 2.75) is 19.4 Å². The first-order valence-corrected chi connectivity index (χ1v) is 8.60. The Labute approximate surface area is 161 Å². The smallest absolute Gasteiger partial charge is 0.405 e. The number of aromatic nitrogens is 1. The van der Waals surface area contributed by atoms with E-state index in [-0.39, 0.29) is 5.69 Å². The zero-order valence-corrected chi connectivity index (χ0v) is 15.4. The molecule has 0 fully saturated rings. The van der Waals surface area contributed by atoms with Gasteiger partial charge in [-0.3, -0.25) is 10.1 Å². The predicted molar refractivity (Wildman–Crippen MR) is 106 cm³/mol. The molecule has 1 aromatic heterocycles. The predicted octanol–water partition coefficient (Wildman–Crippen LogP) is 4.83. The van der Waals surface area contributed by atoms with Crippen LogP contribution in [0.25, 0.3) is 22.4 Å². The van der Waals surface area contributed by atoms with Crippen LogP contribution in [-0.2, 0) is 5.54 Å². The molecule has 0 aliphatic heterocycles. The second kappa shape index (κ2) is 7.48. The summed E-state index contributed by atoms with van der Waals surface area (Å²) in [5.41, 5.74) is 2.84. The molecule has 0 radical (unpaired) electrons. The topological polar surface area (TPSA) is 105 Å². The van der Waals surface area contributed by atoms with Gasteiger partial charge < -0.3 is 10.4 Å². The molecule has 3 rings (SSSR count). The van der Waals surface area contributed by atoms with Crippen LogP contribution in [0.1, 0.15) is 19.4 Å². The molecule has 1 heterocycles. The number of pyridine rings is 1. The van der Waals surface area contributed by atoms with E-state index >= 15 is 0 Å². The number of benzene rings is 2. The van der Waals surface area contributed by atoms with Gasteiger partial charge in [-0.1, -0.05) is 54.6 Å². The molecule has 0 aliphatic carbocycles. The molecule has 142 valence electrons. The van der Waals surface area contributed by atoms with E-state index in [0.717, 1.165) is 16.7 Å². The highest BCUT2D eigenvalue weighted by atomic mass is 16.6. The number of nitrogens with one attached hydrogen (secondary N) is 1. The van der Waals surface area contributed by atoms with Gasteiger partial charge in [-0.25, -0.2) is 9.78 Å². The number of nitro groups is 1. The minimum absolute atomic E-state index is 0.0778. The lowest BCUT2D eigenvalue weighted by molar-refractivity contribution is -0.385. The van der Waals surface area contributed by atoms with Crippen molar-refractivity contribution in [2.24, 2.45) is 0 Å². The van der Waals surface area contributed by atoms with E-state index in [4.69, 9.17) is 5.11 Å². The van der Waals surface area contributed by atoms with Crippen LogP contribution >= 0.6 is 0 Å². The lowest BCUT2D eigenvalue weighted by Gasteiger charge is -2.25. The number of carbonyl (C=O) groups is 1. The van der Waals surface area contributed by atoms with Gasteiger partial charge in [-0.15, -0.1) is 0 Å². The van der Waals surface area contributed by atoms with Gasteiger partial charge in [0.05, 0.1) is 16.2 Å². The van der Waals surface area contributed by atoms with Crippen LogP contribution < -0.4 is 5.32 Å². The van der Waals surface area contributed by atoms with Crippen molar-refractivity contribution < 1.29 is 14.8 Å². The molecule has 2 aromatic carbocycles. The van der Waals surface area contributed by atoms with Gasteiger partial charge in [0.1, 0.15) is 6.20 Å². The number of hydrogen-bond acceptors (Lipinski definition) is 4. The first-order valence-electron chi connectivity index (χ1n) is 8.60. The molecule has 3 aromatic rings. The highest BCUT2D eigenvalue weighted by Gasteiger charge is 2.23. The molecule has 0 aliphatic rings. The first-order chi connectivity index (χ1) is 13.3. The molecule has 0 saturated carbocycles. The molecule has 2 N–H and O–H groups in total. The second-order valence-corrected chi connectivity index (χ2v) is 6.85. The molecular weight excluding hydrogens is 358 g/mol. The highest BCUT2D eigenvalue weighted by molar-refractivity contribution is 5.82. The lowest BCUT2D eigenvalue weighted by Crippen LogP contribution is -2.39. The van der Waals surface area contributed by atoms with Crippen molar-refractivity contribution in [3.63, 3.8) is 0 Å². The Balaban J connectivity index is 2.06. The maximum absolute atomic E-state index is 11.2. The summed E-state index contributed by atoms with van der Waals surface area (Å²) in [6, 6.07) is 18.2. The van der Waals surface area contributed by atoms with Gasteiger partial charge in [0.15, 0.2) is 0 Å². The standard InChI is InChI=1S/C21H19N3O4/c1-21(2,23-20(25)26)16-10-8-15(9-11-16)19-18(14-6-4-3-5-7-14)12-17(13-22-19)24(27)28/h3-13,23H,1-2H3,(H,25,26). The molecule has 28 heavy (non-hydrogen) atoms. The normalized spacial score (nSPS) is 11.1. The van der Waals surface area contributed by atoms with E-state index < -0.39 is 16.6 Å². The van der Waals surface area contributed by atoms with Crippen molar-refractivity contribution in [3.05, 3.63) is 82.5 Å². The molecular formula is C21H19N3O4. The van der Waals surface area contributed by atoms with Crippen LogP contribution in [0, 0.1) is 10.1 Å². The Bertz CT molecular complexity index is 1020. The zero-order chi connectivity index (χ0) is 20.3. The fraction of sp³-hybridized carbons (Fsp3) is 0.143. The Morgan fingerprint density at radius 1 is 1.07 bits per heavy atom. The minimum Gasteiger partial charge on any atom is -0.465 e. The maximum Gasteiger partial charge on any atom is 0.405 e. The zero-order valence-electron chi connectivity index (χ0n) is 15.4. The van der Waals surface area contributed by atoms with Gasteiger partial charge in [-0.2, -0.15) is 0 Å². The quantitative estimate of drug-likeness (QED) is 0.489. The SMILES string of the molecule is CC(C)(NC(=O)O)c1ccc(-c2ncc([N+](=O)[O-])cc2-c2ccccc2)cc1. The van der Waals surface area contributed by atoms with E-state index in [1.54, 1.807) is 13.8 Å².